The fourth-order valence-corrected chi connectivity index (χ4v) is 3.68. The molecule has 0 aliphatic carbocycles. The van der Waals surface area contributed by atoms with Gasteiger partial charge in [-0.1, -0.05) is 25.4 Å². The van der Waals surface area contributed by atoms with E-state index in [4.69, 9.17) is 22.1 Å². The van der Waals surface area contributed by atoms with E-state index in [2.05, 4.69) is 25.5 Å². The second-order valence-corrected chi connectivity index (χ2v) is 7.22. The Bertz CT molecular complexity index is 1250. The Balaban J connectivity index is 0.00000119. The Morgan fingerprint density at radius 1 is 1.12 bits per heavy atom. The number of halogens is 1. The van der Waals surface area contributed by atoms with Crippen LogP contribution in [0.3, 0.4) is 0 Å². The highest BCUT2D eigenvalue weighted by molar-refractivity contribution is 6.29. The van der Waals surface area contributed by atoms with Crippen LogP contribution in [-0.2, 0) is 29.2 Å². The lowest BCUT2D eigenvalue weighted by atomic mass is 10.2. The van der Waals surface area contributed by atoms with Crippen molar-refractivity contribution in [2.75, 3.05) is 11.1 Å². The molecule has 0 saturated heterocycles. The zero-order valence-corrected chi connectivity index (χ0v) is 18.4. The number of aromatic nitrogens is 5. The number of amides is 1. The molecule has 1 amide bonds. The van der Waals surface area contributed by atoms with Crippen molar-refractivity contribution in [3.63, 3.8) is 0 Å². The molecule has 0 bridgehead atoms. The highest BCUT2D eigenvalue weighted by atomic mass is 35.5. The number of ether oxygens (including phenoxy) is 1. The molecule has 0 atom stereocenters. The quantitative estimate of drug-likeness (QED) is 0.485. The molecule has 0 fully saturated rings. The van der Waals surface area contributed by atoms with E-state index in [0.717, 1.165) is 28.0 Å². The van der Waals surface area contributed by atoms with E-state index >= 15 is 0 Å². The van der Waals surface area contributed by atoms with Gasteiger partial charge < -0.3 is 20.4 Å². The summed E-state index contributed by atoms with van der Waals surface area (Å²) in [4.78, 5) is 20.8. The third-order valence-electron chi connectivity index (χ3n) is 4.90. The predicted octanol–water partition coefficient (Wildman–Crippen LogP) is 3.68. The lowest BCUT2D eigenvalue weighted by Crippen LogP contribution is -2.15. The zero-order valence-electron chi connectivity index (χ0n) is 17.7. The maximum Gasteiger partial charge on any atom is 0.230 e. The Morgan fingerprint density at radius 3 is 2.62 bits per heavy atom. The molecular weight excluding hydrogens is 430 g/mol. The molecule has 0 unspecified atom stereocenters. The number of hydrogen-bond donors (Lipinski definition) is 2. The van der Waals surface area contributed by atoms with Crippen molar-refractivity contribution < 1.29 is 9.53 Å². The topological polar surface area (TPSA) is 121 Å². The first-order valence-corrected chi connectivity index (χ1v) is 10.6. The van der Waals surface area contributed by atoms with Crippen LogP contribution in [0.5, 0.6) is 0 Å². The number of nitrogen functional groups attached to an aromatic ring is 1. The Morgan fingerprint density at radius 2 is 1.91 bits per heavy atom. The molecule has 1 aliphatic rings. The van der Waals surface area contributed by atoms with Crippen LogP contribution in [0.15, 0.2) is 42.7 Å². The second kappa shape index (κ2) is 9.29. The van der Waals surface area contributed by atoms with Crippen LogP contribution in [0.25, 0.3) is 16.7 Å². The number of nitrogens with one attached hydrogen (secondary N) is 1. The number of nitrogens with two attached hydrogens (primary N) is 1. The van der Waals surface area contributed by atoms with Crippen LogP contribution in [0, 0.1) is 0 Å². The average Bonchev–Trinajstić information content (AvgIpc) is 3.39. The molecule has 1 aliphatic heterocycles. The number of anilines is 2. The number of nitrogens with zero attached hydrogens (tertiary/aromatic N) is 5. The van der Waals surface area contributed by atoms with Crippen LogP contribution in [-0.4, -0.2) is 30.6 Å². The summed E-state index contributed by atoms with van der Waals surface area (Å²) in [7, 11) is 0. The van der Waals surface area contributed by atoms with E-state index in [0.29, 0.717) is 30.4 Å². The van der Waals surface area contributed by atoms with Crippen LogP contribution in [0.1, 0.15) is 30.8 Å². The highest BCUT2D eigenvalue weighted by Crippen LogP contribution is 2.35. The maximum atomic E-state index is 12.3. The monoisotopic (exact) mass is 451 g/mol. The number of fused-ring (bicyclic) bond motifs is 3. The lowest BCUT2D eigenvalue weighted by Gasteiger charge is -2.11. The van der Waals surface area contributed by atoms with Gasteiger partial charge in [-0.15, -0.1) is 5.10 Å². The average molecular weight is 452 g/mol. The molecule has 5 rings (SSSR count). The molecule has 0 spiro atoms. The molecule has 3 N–H and O–H groups in total. The van der Waals surface area contributed by atoms with Crippen LogP contribution >= 0.6 is 11.6 Å². The van der Waals surface area contributed by atoms with E-state index in [9.17, 15) is 4.79 Å². The fourth-order valence-electron chi connectivity index (χ4n) is 3.58. The van der Waals surface area contributed by atoms with Crippen molar-refractivity contribution in [2.45, 2.75) is 33.5 Å². The molecule has 0 saturated carbocycles. The number of carbonyl (C=O) groups excluding carboxylic acids is 1. The molecule has 1 aromatic carbocycles. The first-order chi connectivity index (χ1) is 15.6. The molecular formula is C22H22ClN7O2. The van der Waals surface area contributed by atoms with Crippen molar-refractivity contribution in [2.24, 2.45) is 0 Å². The molecule has 0 radical (unpaired) electrons. The molecule has 10 heteroatoms. The van der Waals surface area contributed by atoms with Crippen LogP contribution in [0.2, 0.25) is 5.15 Å². The summed E-state index contributed by atoms with van der Waals surface area (Å²) in [6.07, 6.45) is 1.57. The predicted molar refractivity (Wildman–Crippen MR) is 122 cm³/mol. The summed E-state index contributed by atoms with van der Waals surface area (Å²) in [6.45, 7) is 4.97. The summed E-state index contributed by atoms with van der Waals surface area (Å²) >= 11 is 5.72. The van der Waals surface area contributed by atoms with E-state index in [1.54, 1.807) is 12.1 Å². The van der Waals surface area contributed by atoms with Crippen molar-refractivity contribution in [1.82, 2.24) is 24.7 Å². The van der Waals surface area contributed by atoms with Gasteiger partial charge in [0.25, 0.3) is 0 Å². The first kappa shape index (κ1) is 21.7. The molecule has 32 heavy (non-hydrogen) atoms. The Kier molecular flexibility index (Phi) is 6.29. The highest BCUT2D eigenvalue weighted by Gasteiger charge is 2.25. The Labute approximate surface area is 189 Å². The number of carbonyl (C=O) groups is 1. The van der Waals surface area contributed by atoms with Gasteiger partial charge in [0.2, 0.25) is 5.91 Å². The van der Waals surface area contributed by atoms with Gasteiger partial charge in [-0.2, -0.15) is 5.10 Å². The fraction of sp³-hybridized carbons (Fsp3) is 0.227. The van der Waals surface area contributed by atoms with Crippen molar-refractivity contribution in [1.29, 1.82) is 0 Å². The van der Waals surface area contributed by atoms with Gasteiger partial charge in [-0.05, 0) is 36.4 Å². The normalized spacial score (nSPS) is 12.2. The van der Waals surface area contributed by atoms with Gasteiger partial charge in [0.05, 0.1) is 31.0 Å². The van der Waals surface area contributed by atoms with E-state index in [-0.39, 0.29) is 17.5 Å². The lowest BCUT2D eigenvalue weighted by molar-refractivity contribution is -0.115. The molecule has 3 aromatic heterocycles. The summed E-state index contributed by atoms with van der Waals surface area (Å²) in [5, 5.41) is 10.8. The van der Waals surface area contributed by atoms with Gasteiger partial charge in [0, 0.05) is 16.9 Å². The third-order valence-corrected chi connectivity index (χ3v) is 5.10. The van der Waals surface area contributed by atoms with Crippen LogP contribution in [0.4, 0.5) is 11.5 Å². The molecule has 9 nitrogen and oxygen atoms in total. The van der Waals surface area contributed by atoms with Gasteiger partial charge in [0.15, 0.2) is 11.0 Å². The summed E-state index contributed by atoms with van der Waals surface area (Å²) in [5.41, 5.74) is 11.8. The van der Waals surface area contributed by atoms with Gasteiger partial charge >= 0.3 is 0 Å². The van der Waals surface area contributed by atoms with Gasteiger partial charge in [-0.25, -0.2) is 9.97 Å². The first-order valence-electron chi connectivity index (χ1n) is 10.2. The maximum absolute atomic E-state index is 12.3. The van der Waals surface area contributed by atoms with Crippen molar-refractivity contribution in [3.8, 4) is 5.69 Å². The van der Waals surface area contributed by atoms with Crippen molar-refractivity contribution >= 4 is 40.0 Å². The standard InChI is InChI=1S/C20H16ClN7O2.C2H6/c21-16-6-3-12(26-27-16)7-17(29)25-11-1-4-13(5-2-11)28-15-9-30-8-14(15)18-19(28)20(22)24-10-23-18;1-2/h1-6,10H,7-9H2,(H,25,29)(H2,22,23,24);1-2H3. The Hall–Kier alpha value is -3.56. The van der Waals surface area contributed by atoms with Gasteiger partial charge in [-0.3, -0.25) is 4.79 Å². The number of benzene rings is 1. The minimum atomic E-state index is -0.197. The number of hydrogen-bond acceptors (Lipinski definition) is 7. The van der Waals surface area contributed by atoms with Crippen LogP contribution < -0.4 is 11.1 Å². The molecule has 4 aromatic rings. The van der Waals surface area contributed by atoms with E-state index in [1.165, 1.54) is 6.33 Å². The van der Waals surface area contributed by atoms with Crippen molar-refractivity contribution in [3.05, 3.63) is 64.8 Å². The summed E-state index contributed by atoms with van der Waals surface area (Å²) < 4.78 is 7.62. The zero-order chi connectivity index (χ0) is 22.7. The smallest absolute Gasteiger partial charge is 0.230 e. The van der Waals surface area contributed by atoms with Gasteiger partial charge in [0.1, 0.15) is 17.4 Å². The summed E-state index contributed by atoms with van der Waals surface area (Å²) in [6, 6.07) is 10.7. The number of rotatable bonds is 4. The molecule has 4 heterocycles. The SMILES string of the molecule is CC.Nc1ncnc2c3c(n(-c4ccc(NC(=O)Cc5ccc(Cl)nn5)cc4)c12)COC3. The minimum Gasteiger partial charge on any atom is -0.382 e. The largest absolute Gasteiger partial charge is 0.382 e. The van der Waals surface area contributed by atoms with E-state index in [1.807, 2.05) is 42.7 Å². The summed E-state index contributed by atoms with van der Waals surface area (Å²) in [5.74, 6) is 0.216. The third kappa shape index (κ3) is 4.12. The minimum absolute atomic E-state index is 0.104. The second-order valence-electron chi connectivity index (χ2n) is 6.83. The molecule has 164 valence electrons. The van der Waals surface area contributed by atoms with E-state index < -0.39 is 0 Å².